The summed E-state index contributed by atoms with van der Waals surface area (Å²) >= 11 is 0. The molecule has 3 heterocycles. The molecule has 0 aromatic heterocycles. The topological polar surface area (TPSA) is 251 Å². The van der Waals surface area contributed by atoms with E-state index in [1.807, 2.05) is 0 Å². The van der Waals surface area contributed by atoms with Crippen LogP contribution in [0.4, 0.5) is 0 Å². The number of cyclic esters (lactones) is 1. The maximum Gasteiger partial charge on any atom is 0.310 e. The van der Waals surface area contributed by atoms with Crippen molar-refractivity contribution in [2.45, 2.75) is 66.3 Å². The predicted octanol–water partition coefficient (Wildman–Crippen LogP) is -1.97. The summed E-state index contributed by atoms with van der Waals surface area (Å²) in [4.78, 5) is 28.4. The molecular weight excluding hydrogens is 640 g/mol. The smallest absolute Gasteiger partial charge is 0.310 e. The fourth-order valence-corrected chi connectivity index (χ4v) is 7.60. The fraction of sp³-hybridized carbons (Fsp3) is 0.562. The Kier molecular flexibility index (Phi) is 9.20. The molecule has 4 aliphatic rings. The Hall–Kier alpha value is -3.74. The number of fused-ring (bicyclic) bond motifs is 2. The maximum atomic E-state index is 14.3. The number of ether oxygens (including phenoxy) is 6. The van der Waals surface area contributed by atoms with Gasteiger partial charge in [0.1, 0.15) is 49.3 Å². The number of phenolic OH excluding ortho intramolecular Hbond substituents is 2. The lowest BCUT2D eigenvalue weighted by Crippen LogP contribution is -2.69. The zero-order valence-corrected chi connectivity index (χ0v) is 25.9. The van der Waals surface area contributed by atoms with Gasteiger partial charge in [-0.25, -0.2) is 0 Å². The number of phenols is 2. The van der Waals surface area contributed by atoms with Gasteiger partial charge in [-0.2, -0.15) is 0 Å². The van der Waals surface area contributed by atoms with Crippen LogP contribution in [0.15, 0.2) is 36.4 Å². The number of hydrogen-bond acceptors (Lipinski definition) is 16. The molecule has 1 saturated carbocycles. The van der Waals surface area contributed by atoms with E-state index in [2.05, 4.69) is 0 Å². The first-order valence-corrected chi connectivity index (χ1v) is 15.3. The Balaban J connectivity index is 1.46. The van der Waals surface area contributed by atoms with E-state index >= 15 is 0 Å². The van der Waals surface area contributed by atoms with E-state index in [1.54, 1.807) is 12.1 Å². The van der Waals surface area contributed by atoms with Gasteiger partial charge < -0.3 is 69.3 Å². The highest BCUT2D eigenvalue weighted by molar-refractivity contribution is 5.88. The van der Waals surface area contributed by atoms with E-state index in [0.717, 1.165) is 0 Å². The number of hydrogen-bond donors (Lipinski definition) is 8. The molecule has 1 unspecified atom stereocenters. The van der Waals surface area contributed by atoms with Crippen molar-refractivity contribution in [3.63, 3.8) is 0 Å². The lowest BCUT2D eigenvalue weighted by Gasteiger charge is -2.49. The molecule has 4 fully saturated rings. The van der Waals surface area contributed by atoms with E-state index < -0.39 is 110 Å². The Morgan fingerprint density at radius 3 is 1.77 bits per heavy atom. The highest BCUT2D eigenvalue weighted by Gasteiger charge is 2.69. The van der Waals surface area contributed by atoms with Crippen LogP contribution in [-0.4, -0.2) is 141 Å². The SMILES string of the molecule is COc1cc([C@@H]2[C@H]3C(=O)OC4[C@@H](O)[C@@H](CO)O[C@]4([C@H]4O[C@H](CO)[C@@H](O)[C@H](O)[C@H]4O)COC(=O)[C@H]3[C@@H]2c2ccc(O)c(OC)c2)ccc1O. The number of aromatic hydroxyl groups is 2. The molecule has 48 heavy (non-hydrogen) atoms. The lowest BCUT2D eigenvalue weighted by atomic mass is 9.52. The largest absolute Gasteiger partial charge is 0.504 e. The summed E-state index contributed by atoms with van der Waals surface area (Å²) in [6.07, 6.45) is -13.7. The first kappa shape index (κ1) is 34.1. The van der Waals surface area contributed by atoms with Gasteiger partial charge in [0.2, 0.25) is 0 Å². The Morgan fingerprint density at radius 1 is 0.708 bits per heavy atom. The Bertz CT molecular complexity index is 1530. The van der Waals surface area contributed by atoms with Crippen molar-refractivity contribution in [3.05, 3.63) is 47.5 Å². The van der Waals surface area contributed by atoms with Crippen molar-refractivity contribution in [3.8, 4) is 23.0 Å². The highest BCUT2D eigenvalue weighted by Crippen LogP contribution is 2.61. The maximum absolute atomic E-state index is 14.3. The third-order valence-corrected chi connectivity index (χ3v) is 10.0. The fourth-order valence-electron chi connectivity index (χ4n) is 7.60. The van der Waals surface area contributed by atoms with Crippen LogP contribution in [0.2, 0.25) is 0 Å². The summed E-state index contributed by atoms with van der Waals surface area (Å²) in [6, 6.07) is 8.83. The summed E-state index contributed by atoms with van der Waals surface area (Å²) in [6.45, 7) is -2.42. The monoisotopic (exact) mass is 678 g/mol. The molecule has 16 nitrogen and oxygen atoms in total. The minimum absolute atomic E-state index is 0.0871. The molecule has 1 aliphatic carbocycles. The first-order valence-electron chi connectivity index (χ1n) is 15.3. The number of aliphatic hydroxyl groups is 6. The van der Waals surface area contributed by atoms with Crippen molar-refractivity contribution in [2.24, 2.45) is 11.8 Å². The van der Waals surface area contributed by atoms with E-state index in [0.29, 0.717) is 11.1 Å². The van der Waals surface area contributed by atoms with Crippen molar-refractivity contribution < 1.29 is 78.9 Å². The van der Waals surface area contributed by atoms with Gasteiger partial charge in [-0.05, 0) is 35.4 Å². The van der Waals surface area contributed by atoms with Crippen LogP contribution in [0.25, 0.3) is 0 Å². The van der Waals surface area contributed by atoms with E-state index in [-0.39, 0.29) is 23.0 Å². The Morgan fingerprint density at radius 2 is 1.25 bits per heavy atom. The summed E-state index contributed by atoms with van der Waals surface area (Å²) in [5, 5.41) is 83.8. The molecule has 3 saturated heterocycles. The van der Waals surface area contributed by atoms with Crippen LogP contribution in [0.3, 0.4) is 0 Å². The number of carbonyl (C=O) groups is 2. The average Bonchev–Trinajstić information content (AvgIpc) is 3.35. The van der Waals surface area contributed by atoms with Gasteiger partial charge in [0.05, 0.1) is 39.3 Å². The molecule has 8 N–H and O–H groups in total. The van der Waals surface area contributed by atoms with Gasteiger partial charge in [-0.3, -0.25) is 9.59 Å². The van der Waals surface area contributed by atoms with Crippen LogP contribution in [0, 0.1) is 11.8 Å². The van der Waals surface area contributed by atoms with Crippen LogP contribution in [0.1, 0.15) is 23.0 Å². The summed E-state index contributed by atoms with van der Waals surface area (Å²) in [5.74, 6) is -6.16. The van der Waals surface area contributed by atoms with Crippen molar-refractivity contribution >= 4 is 11.9 Å². The molecule has 262 valence electrons. The zero-order chi connectivity index (χ0) is 34.7. The first-order chi connectivity index (χ1) is 22.9. The molecule has 2 aromatic rings. The van der Waals surface area contributed by atoms with Gasteiger partial charge in [-0.15, -0.1) is 0 Å². The third kappa shape index (κ3) is 5.23. The second-order valence-corrected chi connectivity index (χ2v) is 12.5. The highest BCUT2D eigenvalue weighted by atomic mass is 16.7. The van der Waals surface area contributed by atoms with Crippen molar-refractivity contribution in [1.29, 1.82) is 0 Å². The number of rotatable bonds is 7. The molecule has 0 bridgehead atoms. The molecule has 6 rings (SSSR count). The number of benzene rings is 2. The molecule has 3 aliphatic heterocycles. The molecule has 13 atom stereocenters. The van der Waals surface area contributed by atoms with E-state index in [9.17, 15) is 50.4 Å². The molecule has 0 radical (unpaired) electrons. The van der Waals surface area contributed by atoms with Crippen LogP contribution >= 0.6 is 0 Å². The van der Waals surface area contributed by atoms with Crippen LogP contribution in [-0.2, 0) is 28.5 Å². The molecule has 0 amide bonds. The standard InChI is InChI=1S/C32H38O16/c1-43-16-7-12(3-5-14(16)35)20-21(13-4-6-15(36)17(8-13)44-2)23-22(20)30(41)45-11-32(28(47-31(23)42)25(38)19(10-34)48-32)29-27(40)26(39)24(37)18(9-33)46-29/h3-8,18-29,33-40H,9-11H2,1-2H3/t18-,19-,20-,21+,22+,23-,24-,25+,26+,27-,28?,29+,32-/m1/s1. The van der Waals surface area contributed by atoms with Crippen molar-refractivity contribution in [2.75, 3.05) is 34.0 Å². The summed E-state index contributed by atoms with van der Waals surface area (Å²) < 4.78 is 34.0. The molecule has 16 heteroatoms. The molecule has 2 aromatic carbocycles. The lowest BCUT2D eigenvalue weighted by molar-refractivity contribution is -0.293. The number of aliphatic hydroxyl groups excluding tert-OH is 6. The number of methoxy groups -OCH3 is 2. The van der Waals surface area contributed by atoms with Gasteiger partial charge >= 0.3 is 11.9 Å². The van der Waals surface area contributed by atoms with Crippen LogP contribution < -0.4 is 9.47 Å². The summed E-state index contributed by atoms with van der Waals surface area (Å²) in [5.41, 5.74) is -1.29. The molecular formula is C32H38O16. The predicted molar refractivity (Wildman–Crippen MR) is 157 cm³/mol. The van der Waals surface area contributed by atoms with Crippen LogP contribution in [0.5, 0.6) is 23.0 Å². The van der Waals surface area contributed by atoms with Crippen molar-refractivity contribution in [1.82, 2.24) is 0 Å². The van der Waals surface area contributed by atoms with Gasteiger partial charge in [0.25, 0.3) is 0 Å². The summed E-state index contributed by atoms with van der Waals surface area (Å²) in [7, 11) is 2.69. The third-order valence-electron chi connectivity index (χ3n) is 10.0. The van der Waals surface area contributed by atoms with Gasteiger partial charge in [0.15, 0.2) is 34.7 Å². The Labute approximate surface area is 273 Å². The second-order valence-electron chi connectivity index (χ2n) is 12.5. The van der Waals surface area contributed by atoms with Gasteiger partial charge in [-0.1, -0.05) is 12.1 Å². The van der Waals surface area contributed by atoms with Gasteiger partial charge in [0, 0.05) is 11.8 Å². The normalized spacial score (nSPS) is 39.4. The number of esters is 2. The van der Waals surface area contributed by atoms with E-state index in [4.69, 9.17) is 28.4 Å². The molecule has 0 spiro atoms. The minimum Gasteiger partial charge on any atom is -0.504 e. The van der Waals surface area contributed by atoms with E-state index in [1.165, 1.54) is 38.5 Å². The zero-order valence-electron chi connectivity index (χ0n) is 25.9. The quantitative estimate of drug-likeness (QED) is 0.148. The number of carbonyl (C=O) groups excluding carboxylic acids is 2. The minimum atomic E-state index is -2.23. The second kappa shape index (κ2) is 12.9. The average molecular weight is 679 g/mol.